The lowest BCUT2D eigenvalue weighted by molar-refractivity contribution is -0.113. The zero-order chi connectivity index (χ0) is 22.0. The number of nitrogens with one attached hydrogen (secondary N) is 1. The largest absolute Gasteiger partial charge is 0.495 e. The fraction of sp³-hybridized carbons (Fsp3) is 0.136. The summed E-state index contributed by atoms with van der Waals surface area (Å²) < 4.78 is 7.41. The lowest BCUT2D eigenvalue weighted by Gasteiger charge is -2.13. The number of ether oxygens (including phenoxy) is 1. The predicted molar refractivity (Wildman–Crippen MR) is 127 cm³/mol. The monoisotopic (exact) mass is 471 g/mol. The Morgan fingerprint density at radius 1 is 1.26 bits per heavy atom. The molecule has 0 unspecified atom stereocenters. The maximum absolute atomic E-state index is 13.2. The van der Waals surface area contributed by atoms with Gasteiger partial charge in [-0.15, -0.1) is 11.3 Å². The van der Waals surface area contributed by atoms with E-state index >= 15 is 0 Å². The van der Waals surface area contributed by atoms with Gasteiger partial charge in [-0.2, -0.15) is 0 Å². The molecule has 9 heteroatoms. The van der Waals surface area contributed by atoms with E-state index in [1.165, 1.54) is 30.2 Å². The van der Waals surface area contributed by atoms with Crippen LogP contribution in [0.25, 0.3) is 15.9 Å². The first-order valence-corrected chi connectivity index (χ1v) is 11.5. The van der Waals surface area contributed by atoms with Crippen molar-refractivity contribution >= 4 is 56.5 Å². The van der Waals surface area contributed by atoms with E-state index in [0.29, 0.717) is 37.5 Å². The quantitative estimate of drug-likeness (QED) is 0.311. The zero-order valence-corrected chi connectivity index (χ0v) is 19.1. The molecule has 0 aliphatic heterocycles. The molecule has 6 nitrogen and oxygen atoms in total. The molecule has 158 valence electrons. The number of hydrogen-bond donors (Lipinski definition) is 1. The first-order valence-electron chi connectivity index (χ1n) is 9.30. The Balaban J connectivity index is 1.64. The molecule has 1 amide bonds. The molecule has 0 fully saturated rings. The highest BCUT2D eigenvalue weighted by Gasteiger charge is 2.16. The lowest BCUT2D eigenvalue weighted by Crippen LogP contribution is -2.22. The van der Waals surface area contributed by atoms with E-state index in [0.717, 1.165) is 5.56 Å². The van der Waals surface area contributed by atoms with Crippen LogP contribution in [0, 0.1) is 6.92 Å². The maximum atomic E-state index is 13.2. The molecule has 1 N–H and O–H groups in total. The van der Waals surface area contributed by atoms with Crippen LogP contribution in [0.15, 0.2) is 63.9 Å². The summed E-state index contributed by atoms with van der Waals surface area (Å²) in [6.45, 7) is 1.96. The third-order valence-corrected chi connectivity index (χ3v) is 6.54. The van der Waals surface area contributed by atoms with Gasteiger partial charge in [-0.05, 0) is 54.3 Å². The summed E-state index contributed by atoms with van der Waals surface area (Å²) in [5.41, 5.74) is 2.70. The summed E-state index contributed by atoms with van der Waals surface area (Å²) in [5, 5.41) is 5.59. The minimum absolute atomic E-state index is 0.0591. The van der Waals surface area contributed by atoms with Crippen LogP contribution in [0.3, 0.4) is 0 Å². The van der Waals surface area contributed by atoms with Crippen molar-refractivity contribution in [3.63, 3.8) is 0 Å². The van der Waals surface area contributed by atoms with E-state index in [9.17, 15) is 9.59 Å². The van der Waals surface area contributed by atoms with Crippen molar-refractivity contribution < 1.29 is 9.53 Å². The standard InChI is InChI=1S/C22H18ClN3O3S2/c1-13-4-3-5-15(10-13)26-21(28)20-16(8-9-30-20)25-22(26)31-12-19(27)24-17-11-14(23)6-7-18(17)29-2/h3-11H,12H2,1-2H3,(H,24,27). The SMILES string of the molecule is COc1ccc(Cl)cc1NC(=O)CSc1nc2ccsc2c(=O)n1-c1cccc(C)c1. The third-order valence-electron chi connectivity index (χ3n) is 4.48. The van der Waals surface area contributed by atoms with Crippen LogP contribution < -0.4 is 15.6 Å². The molecule has 2 aromatic heterocycles. The zero-order valence-electron chi connectivity index (χ0n) is 16.7. The average molecular weight is 472 g/mol. The number of nitrogens with zero attached hydrogens (tertiary/aromatic N) is 2. The van der Waals surface area contributed by atoms with Crippen LogP contribution in [0.2, 0.25) is 5.02 Å². The minimum atomic E-state index is -0.263. The summed E-state index contributed by atoms with van der Waals surface area (Å²) in [6.07, 6.45) is 0. The van der Waals surface area contributed by atoms with E-state index < -0.39 is 0 Å². The number of thiophene rings is 1. The molecule has 0 saturated heterocycles. The first kappa shape index (κ1) is 21.4. The van der Waals surface area contributed by atoms with Gasteiger partial charge in [-0.3, -0.25) is 14.2 Å². The van der Waals surface area contributed by atoms with Crippen molar-refractivity contribution in [1.29, 1.82) is 0 Å². The van der Waals surface area contributed by atoms with Gasteiger partial charge in [-0.25, -0.2) is 4.98 Å². The van der Waals surface area contributed by atoms with Crippen LogP contribution in [0.5, 0.6) is 5.75 Å². The van der Waals surface area contributed by atoms with E-state index in [1.54, 1.807) is 22.8 Å². The van der Waals surface area contributed by atoms with E-state index in [-0.39, 0.29) is 17.2 Å². The van der Waals surface area contributed by atoms with Crippen molar-refractivity contribution in [2.24, 2.45) is 0 Å². The second-order valence-corrected chi connectivity index (χ2v) is 8.99. The number of amides is 1. The van der Waals surface area contributed by atoms with Crippen molar-refractivity contribution in [3.8, 4) is 11.4 Å². The molecular weight excluding hydrogens is 454 g/mol. The molecule has 4 aromatic rings. The molecule has 4 rings (SSSR count). The molecule has 31 heavy (non-hydrogen) atoms. The number of benzene rings is 2. The van der Waals surface area contributed by atoms with Gasteiger partial charge in [0.25, 0.3) is 5.56 Å². The van der Waals surface area contributed by atoms with Gasteiger partial charge in [0.15, 0.2) is 5.16 Å². The first-order chi connectivity index (χ1) is 15.0. The molecule has 0 aliphatic rings. The van der Waals surface area contributed by atoms with Gasteiger partial charge in [-0.1, -0.05) is 35.5 Å². The van der Waals surface area contributed by atoms with E-state index in [2.05, 4.69) is 10.3 Å². The second kappa shape index (κ2) is 9.13. The Morgan fingerprint density at radius 3 is 2.87 bits per heavy atom. The molecule has 0 saturated carbocycles. The summed E-state index contributed by atoms with van der Waals surface area (Å²) in [5.74, 6) is 0.307. The Labute approximate surface area is 191 Å². The predicted octanol–water partition coefficient (Wildman–Crippen LogP) is 5.15. The topological polar surface area (TPSA) is 73.2 Å². The number of thioether (sulfide) groups is 1. The van der Waals surface area contributed by atoms with Gasteiger partial charge in [0.1, 0.15) is 10.4 Å². The Morgan fingerprint density at radius 2 is 2.10 bits per heavy atom. The lowest BCUT2D eigenvalue weighted by atomic mass is 10.2. The van der Waals surface area contributed by atoms with Crippen molar-refractivity contribution in [2.45, 2.75) is 12.1 Å². The van der Waals surface area contributed by atoms with Crippen LogP contribution in [-0.4, -0.2) is 28.3 Å². The minimum Gasteiger partial charge on any atom is -0.495 e. The number of aryl methyl sites for hydroxylation is 1. The summed E-state index contributed by atoms with van der Waals surface area (Å²) in [4.78, 5) is 30.4. The molecule has 0 aliphatic carbocycles. The fourth-order valence-electron chi connectivity index (χ4n) is 3.08. The molecule has 0 radical (unpaired) electrons. The van der Waals surface area contributed by atoms with Crippen molar-refractivity contribution in [3.05, 3.63) is 74.9 Å². The average Bonchev–Trinajstić information content (AvgIpc) is 3.21. The van der Waals surface area contributed by atoms with Gasteiger partial charge >= 0.3 is 0 Å². The molecule has 2 aromatic carbocycles. The highest BCUT2D eigenvalue weighted by Crippen LogP contribution is 2.29. The number of fused-ring (bicyclic) bond motifs is 1. The van der Waals surface area contributed by atoms with Crippen LogP contribution >= 0.6 is 34.7 Å². The van der Waals surface area contributed by atoms with Gasteiger partial charge in [0.05, 0.1) is 29.8 Å². The van der Waals surface area contributed by atoms with Crippen LogP contribution in [0.1, 0.15) is 5.56 Å². The van der Waals surface area contributed by atoms with Gasteiger partial charge < -0.3 is 10.1 Å². The Hall–Kier alpha value is -2.81. The molecule has 0 spiro atoms. The molecular formula is C22H18ClN3O3S2. The number of rotatable bonds is 6. The number of aromatic nitrogens is 2. The Kier molecular flexibility index (Phi) is 6.31. The highest BCUT2D eigenvalue weighted by atomic mass is 35.5. The van der Waals surface area contributed by atoms with E-state index in [1.807, 2.05) is 42.6 Å². The van der Waals surface area contributed by atoms with E-state index in [4.69, 9.17) is 16.3 Å². The second-order valence-electron chi connectivity index (χ2n) is 6.69. The van der Waals surface area contributed by atoms with Crippen molar-refractivity contribution in [2.75, 3.05) is 18.2 Å². The van der Waals surface area contributed by atoms with Crippen LogP contribution in [-0.2, 0) is 4.79 Å². The molecule has 2 heterocycles. The maximum Gasteiger partial charge on any atom is 0.276 e. The summed E-state index contributed by atoms with van der Waals surface area (Å²) in [6, 6.07) is 14.4. The van der Waals surface area contributed by atoms with Crippen molar-refractivity contribution in [1.82, 2.24) is 9.55 Å². The molecule has 0 bridgehead atoms. The fourth-order valence-corrected chi connectivity index (χ4v) is 4.82. The summed E-state index contributed by atoms with van der Waals surface area (Å²) in [7, 11) is 1.52. The normalized spacial score (nSPS) is 10.9. The number of methoxy groups -OCH3 is 1. The number of halogens is 1. The smallest absolute Gasteiger partial charge is 0.276 e. The van der Waals surface area contributed by atoms with Gasteiger partial charge in [0, 0.05) is 5.02 Å². The number of anilines is 1. The van der Waals surface area contributed by atoms with Crippen LogP contribution in [0.4, 0.5) is 5.69 Å². The number of carbonyl (C=O) groups excluding carboxylic acids is 1. The van der Waals surface area contributed by atoms with Gasteiger partial charge in [0.2, 0.25) is 5.91 Å². The highest BCUT2D eigenvalue weighted by molar-refractivity contribution is 7.99. The number of hydrogen-bond acceptors (Lipinski definition) is 6. The molecule has 0 atom stereocenters. The Bertz CT molecular complexity index is 1330. The number of carbonyl (C=O) groups is 1. The third kappa shape index (κ3) is 4.61. The summed E-state index contributed by atoms with van der Waals surface area (Å²) >= 11 is 8.59.